The van der Waals surface area contributed by atoms with Crippen LogP contribution in [0.2, 0.25) is 0 Å². The molecule has 1 saturated heterocycles. The van der Waals surface area contributed by atoms with Gasteiger partial charge in [-0.05, 0) is 57.3 Å². The van der Waals surface area contributed by atoms with E-state index in [1.54, 1.807) is 0 Å². The second kappa shape index (κ2) is 9.02. The van der Waals surface area contributed by atoms with Gasteiger partial charge in [-0.2, -0.15) is 5.10 Å². The summed E-state index contributed by atoms with van der Waals surface area (Å²) in [7, 11) is 1.91. The Morgan fingerprint density at radius 2 is 1.83 bits per heavy atom. The number of hydrogen-bond donors (Lipinski definition) is 0. The van der Waals surface area contributed by atoms with Gasteiger partial charge in [-0.3, -0.25) is 14.3 Å². The molecule has 0 bridgehead atoms. The second-order valence-corrected chi connectivity index (χ2v) is 9.43. The normalized spacial score (nSPS) is 18.1. The molecule has 1 aliphatic heterocycles. The van der Waals surface area contributed by atoms with Crippen molar-refractivity contribution < 1.29 is 4.79 Å². The molecule has 4 rings (SSSR count). The molecular weight excluding hydrogens is 394 g/mol. The summed E-state index contributed by atoms with van der Waals surface area (Å²) in [5, 5.41) is 4.93. The molecule has 2 aliphatic rings. The molecule has 162 valence electrons. The average Bonchev–Trinajstić information content (AvgIpc) is 3.56. The highest BCUT2D eigenvalue weighted by molar-refractivity contribution is 7.71. The van der Waals surface area contributed by atoms with Crippen molar-refractivity contribution in [2.24, 2.45) is 5.92 Å². The van der Waals surface area contributed by atoms with Crippen LogP contribution in [-0.2, 0) is 18.0 Å². The number of amides is 1. The largest absolute Gasteiger partial charge is 0.343 e. The van der Waals surface area contributed by atoms with Gasteiger partial charge in [0.15, 0.2) is 4.77 Å². The van der Waals surface area contributed by atoms with Gasteiger partial charge in [-0.15, -0.1) is 0 Å². The summed E-state index contributed by atoms with van der Waals surface area (Å²) in [6.07, 6.45) is 4.22. The lowest BCUT2D eigenvalue weighted by molar-refractivity contribution is -0.137. The van der Waals surface area contributed by atoms with Crippen LogP contribution < -0.4 is 0 Å². The van der Waals surface area contributed by atoms with E-state index < -0.39 is 0 Å². The molecule has 0 spiro atoms. The molecule has 0 unspecified atom stereocenters. The minimum absolute atomic E-state index is 0.138. The van der Waals surface area contributed by atoms with Crippen LogP contribution in [-0.4, -0.2) is 56.2 Å². The van der Waals surface area contributed by atoms with E-state index in [2.05, 4.69) is 47.6 Å². The fraction of sp³-hybridized carbons (Fsp3) is 0.609. The van der Waals surface area contributed by atoms with Gasteiger partial charge in [0.1, 0.15) is 5.82 Å². The van der Waals surface area contributed by atoms with Gasteiger partial charge in [-0.25, -0.2) is 4.68 Å². The molecule has 1 aliphatic carbocycles. The zero-order valence-corrected chi connectivity index (χ0v) is 19.1. The number of hydrogen-bond acceptors (Lipinski definition) is 4. The van der Waals surface area contributed by atoms with E-state index in [4.69, 9.17) is 17.3 Å². The van der Waals surface area contributed by atoms with Crippen LogP contribution in [0.3, 0.4) is 0 Å². The molecule has 2 fully saturated rings. The summed E-state index contributed by atoms with van der Waals surface area (Å²) < 4.78 is 5.02. The topological polar surface area (TPSA) is 46.3 Å². The van der Waals surface area contributed by atoms with E-state index in [-0.39, 0.29) is 17.9 Å². The van der Waals surface area contributed by atoms with Crippen molar-refractivity contribution >= 4 is 18.1 Å². The van der Waals surface area contributed by atoms with Crippen LogP contribution >= 0.6 is 12.2 Å². The Balaban J connectivity index is 1.43. The lowest BCUT2D eigenvalue weighted by atomic mass is 9.95. The number of likely N-dealkylation sites (tertiary alicyclic amines) is 1. The van der Waals surface area contributed by atoms with Crippen molar-refractivity contribution in [3.05, 3.63) is 46.5 Å². The van der Waals surface area contributed by atoms with Crippen molar-refractivity contribution in [1.82, 2.24) is 24.1 Å². The number of benzene rings is 1. The number of rotatable bonds is 7. The van der Waals surface area contributed by atoms with Gasteiger partial charge in [0.2, 0.25) is 5.91 Å². The fourth-order valence-corrected chi connectivity index (χ4v) is 4.42. The standard InChI is InChI=1S/C23H33N5OS/c1-17(2)25(3)22(29)20-11-13-26(14-12-20)16-28-23(30)27(21(24-28)19-9-10-19)15-18-7-5-4-6-8-18/h4-8,17,19-20H,9-16H2,1-3H3. The van der Waals surface area contributed by atoms with Crippen LogP contribution in [0, 0.1) is 10.7 Å². The van der Waals surface area contributed by atoms with Crippen LogP contribution in [0.4, 0.5) is 0 Å². The van der Waals surface area contributed by atoms with Crippen LogP contribution in [0.5, 0.6) is 0 Å². The average molecular weight is 428 g/mol. The molecule has 2 heterocycles. The van der Waals surface area contributed by atoms with Crippen molar-refractivity contribution in [2.75, 3.05) is 20.1 Å². The Morgan fingerprint density at radius 3 is 2.43 bits per heavy atom. The Hall–Kier alpha value is -1.99. The van der Waals surface area contributed by atoms with Gasteiger partial charge >= 0.3 is 0 Å². The molecule has 1 aromatic carbocycles. The molecule has 1 aromatic heterocycles. The maximum atomic E-state index is 12.6. The van der Waals surface area contributed by atoms with Gasteiger partial charge in [0, 0.05) is 38.0 Å². The first kappa shape index (κ1) is 21.2. The monoisotopic (exact) mass is 427 g/mol. The van der Waals surface area contributed by atoms with Crippen molar-refractivity contribution in [1.29, 1.82) is 0 Å². The van der Waals surface area contributed by atoms with Gasteiger partial charge in [0.25, 0.3) is 0 Å². The number of aromatic nitrogens is 3. The highest BCUT2D eigenvalue weighted by atomic mass is 32.1. The first-order valence-electron chi connectivity index (χ1n) is 11.1. The number of carbonyl (C=O) groups is 1. The van der Waals surface area contributed by atoms with Gasteiger partial charge in [-0.1, -0.05) is 30.3 Å². The quantitative estimate of drug-likeness (QED) is 0.629. The Kier molecular flexibility index (Phi) is 6.39. The predicted molar refractivity (Wildman–Crippen MR) is 121 cm³/mol. The lowest BCUT2D eigenvalue weighted by Gasteiger charge is -2.34. The third-order valence-electron chi connectivity index (χ3n) is 6.47. The minimum atomic E-state index is 0.138. The molecule has 1 saturated carbocycles. The fourth-order valence-electron chi connectivity index (χ4n) is 4.16. The summed E-state index contributed by atoms with van der Waals surface area (Å²) in [6.45, 7) is 7.45. The van der Waals surface area contributed by atoms with E-state index in [0.717, 1.165) is 43.1 Å². The maximum absolute atomic E-state index is 12.6. The second-order valence-electron chi connectivity index (χ2n) is 9.06. The van der Waals surface area contributed by atoms with Crippen molar-refractivity contribution in [2.45, 2.75) is 64.7 Å². The number of piperidine rings is 1. The van der Waals surface area contributed by atoms with Crippen LogP contribution in [0.1, 0.15) is 56.8 Å². The molecule has 0 N–H and O–H groups in total. The van der Waals surface area contributed by atoms with Gasteiger partial charge < -0.3 is 4.90 Å². The number of carbonyl (C=O) groups excluding carboxylic acids is 1. The zero-order chi connectivity index (χ0) is 21.3. The SMILES string of the molecule is CC(C)N(C)C(=O)C1CCN(Cn2nc(C3CC3)n(Cc3ccccc3)c2=S)CC1. The van der Waals surface area contributed by atoms with E-state index >= 15 is 0 Å². The molecule has 0 radical (unpaired) electrons. The molecule has 7 heteroatoms. The predicted octanol–water partition coefficient (Wildman–Crippen LogP) is 3.88. The van der Waals surface area contributed by atoms with Gasteiger partial charge in [0.05, 0.1) is 13.2 Å². The summed E-state index contributed by atoms with van der Waals surface area (Å²) in [4.78, 5) is 16.9. The highest BCUT2D eigenvalue weighted by Crippen LogP contribution is 2.39. The lowest BCUT2D eigenvalue weighted by Crippen LogP contribution is -2.43. The minimum Gasteiger partial charge on any atom is -0.343 e. The molecule has 1 amide bonds. The zero-order valence-electron chi connectivity index (χ0n) is 18.3. The Labute approximate surface area is 184 Å². The summed E-state index contributed by atoms with van der Waals surface area (Å²) >= 11 is 5.83. The summed E-state index contributed by atoms with van der Waals surface area (Å²) in [5.74, 6) is 2.10. The molecule has 30 heavy (non-hydrogen) atoms. The molecular formula is C23H33N5OS. The molecule has 2 aromatic rings. The molecule has 6 nitrogen and oxygen atoms in total. The summed E-state index contributed by atoms with van der Waals surface area (Å²) in [6, 6.07) is 10.7. The third kappa shape index (κ3) is 4.67. The van der Waals surface area contributed by atoms with E-state index in [0.29, 0.717) is 12.6 Å². The maximum Gasteiger partial charge on any atom is 0.225 e. The first-order valence-corrected chi connectivity index (χ1v) is 11.6. The Morgan fingerprint density at radius 1 is 1.17 bits per heavy atom. The van der Waals surface area contributed by atoms with E-state index in [1.165, 1.54) is 18.4 Å². The van der Waals surface area contributed by atoms with E-state index in [9.17, 15) is 4.79 Å². The van der Waals surface area contributed by atoms with Crippen LogP contribution in [0.25, 0.3) is 0 Å². The Bertz CT molecular complexity index is 923. The smallest absolute Gasteiger partial charge is 0.225 e. The van der Waals surface area contributed by atoms with Crippen molar-refractivity contribution in [3.8, 4) is 0 Å². The van der Waals surface area contributed by atoms with Crippen molar-refractivity contribution in [3.63, 3.8) is 0 Å². The van der Waals surface area contributed by atoms with E-state index in [1.807, 2.05) is 22.7 Å². The highest BCUT2D eigenvalue weighted by Gasteiger charge is 2.31. The van der Waals surface area contributed by atoms with Crippen LogP contribution in [0.15, 0.2) is 30.3 Å². The third-order valence-corrected chi connectivity index (χ3v) is 6.90. The summed E-state index contributed by atoms with van der Waals surface area (Å²) in [5.41, 5.74) is 1.25. The molecule has 0 atom stereocenters. The first-order chi connectivity index (χ1) is 14.4. The number of nitrogens with zero attached hydrogens (tertiary/aromatic N) is 5.